The third-order valence-electron chi connectivity index (χ3n) is 2.62. The molecule has 21 heavy (non-hydrogen) atoms. The number of benzene rings is 1. The maximum Gasteiger partial charge on any atom is 0.338 e. The van der Waals surface area contributed by atoms with Crippen molar-refractivity contribution in [2.24, 2.45) is 0 Å². The average molecular weight is 304 g/mol. The predicted molar refractivity (Wildman–Crippen MR) is 82.2 cm³/mol. The Labute approximate surface area is 127 Å². The van der Waals surface area contributed by atoms with Crippen molar-refractivity contribution < 1.29 is 14.6 Å². The van der Waals surface area contributed by atoms with Gasteiger partial charge in [-0.2, -0.15) is 0 Å². The van der Waals surface area contributed by atoms with E-state index in [1.54, 1.807) is 30.7 Å². The monoisotopic (exact) mass is 304 g/mol. The fourth-order valence-corrected chi connectivity index (χ4v) is 2.53. The maximum absolute atomic E-state index is 11.4. The number of carboxylic acid groups (broad SMARTS) is 1. The average Bonchev–Trinajstić information content (AvgIpc) is 2.91. The number of hydrogen-bond acceptors (Lipinski definition) is 5. The molecular formula is C15H16N2O3S. The van der Waals surface area contributed by atoms with Crippen molar-refractivity contribution in [1.29, 1.82) is 0 Å². The number of thiazole rings is 1. The molecule has 0 spiro atoms. The van der Waals surface area contributed by atoms with Crippen molar-refractivity contribution in [2.45, 2.75) is 6.61 Å². The highest BCUT2D eigenvalue weighted by atomic mass is 32.1. The van der Waals surface area contributed by atoms with Crippen molar-refractivity contribution in [1.82, 2.24) is 9.88 Å². The molecule has 0 unspecified atom stereocenters. The van der Waals surface area contributed by atoms with Gasteiger partial charge in [0.25, 0.3) is 0 Å². The number of aliphatic carboxylic acids is 1. The van der Waals surface area contributed by atoms with E-state index in [9.17, 15) is 9.90 Å². The minimum Gasteiger partial charge on any atom is -0.487 e. The van der Waals surface area contributed by atoms with E-state index in [0.29, 0.717) is 10.6 Å². The topological polar surface area (TPSA) is 62.7 Å². The van der Waals surface area contributed by atoms with Crippen LogP contribution in [0.3, 0.4) is 0 Å². The molecule has 2 rings (SSSR count). The SMILES string of the molecule is CN(C)C=C(C(=O)O)c1scnc1COc1ccccc1. The number of aromatic nitrogens is 1. The molecule has 1 aromatic carbocycles. The Morgan fingerprint density at radius 1 is 1.38 bits per heavy atom. The van der Waals surface area contributed by atoms with E-state index in [4.69, 9.17) is 4.74 Å². The van der Waals surface area contributed by atoms with Crippen LogP contribution in [0.25, 0.3) is 5.57 Å². The first-order valence-corrected chi connectivity index (χ1v) is 7.18. The molecule has 0 radical (unpaired) electrons. The first kappa shape index (κ1) is 15.1. The van der Waals surface area contributed by atoms with Crippen molar-refractivity contribution in [3.63, 3.8) is 0 Å². The van der Waals surface area contributed by atoms with E-state index in [1.165, 1.54) is 11.3 Å². The number of hydrogen-bond donors (Lipinski definition) is 1. The summed E-state index contributed by atoms with van der Waals surface area (Å²) < 4.78 is 5.64. The van der Waals surface area contributed by atoms with Gasteiger partial charge in [-0.05, 0) is 12.1 Å². The highest BCUT2D eigenvalue weighted by Gasteiger charge is 2.18. The van der Waals surface area contributed by atoms with Gasteiger partial charge in [0.15, 0.2) is 0 Å². The number of para-hydroxylation sites is 1. The molecular weight excluding hydrogens is 288 g/mol. The molecule has 1 N–H and O–H groups in total. The van der Waals surface area contributed by atoms with Gasteiger partial charge in [0.05, 0.1) is 21.7 Å². The van der Waals surface area contributed by atoms with Crippen molar-refractivity contribution in [2.75, 3.05) is 14.1 Å². The molecule has 1 aromatic heterocycles. The van der Waals surface area contributed by atoms with Crippen LogP contribution in [0.4, 0.5) is 0 Å². The Morgan fingerprint density at radius 3 is 2.71 bits per heavy atom. The molecule has 5 nitrogen and oxygen atoms in total. The lowest BCUT2D eigenvalue weighted by Crippen LogP contribution is -2.09. The standard InChI is InChI=1S/C15H16N2O3S/c1-17(2)8-12(15(18)19)14-13(16-10-21-14)9-20-11-6-4-3-5-7-11/h3-8,10H,9H2,1-2H3,(H,18,19). The molecule has 0 atom stereocenters. The number of ether oxygens (including phenoxy) is 1. The summed E-state index contributed by atoms with van der Waals surface area (Å²) in [7, 11) is 3.56. The lowest BCUT2D eigenvalue weighted by Gasteiger charge is -2.09. The van der Waals surface area contributed by atoms with Crippen molar-refractivity contribution in [3.8, 4) is 5.75 Å². The molecule has 2 aromatic rings. The third-order valence-corrected chi connectivity index (χ3v) is 3.52. The van der Waals surface area contributed by atoms with Gasteiger partial charge in [0.1, 0.15) is 12.4 Å². The molecule has 1 heterocycles. The van der Waals surface area contributed by atoms with E-state index in [2.05, 4.69) is 4.98 Å². The van der Waals surface area contributed by atoms with Gasteiger partial charge >= 0.3 is 5.97 Å². The summed E-state index contributed by atoms with van der Waals surface area (Å²) in [4.78, 5) is 17.9. The van der Waals surface area contributed by atoms with Crippen molar-refractivity contribution in [3.05, 3.63) is 52.6 Å². The summed E-state index contributed by atoms with van der Waals surface area (Å²) in [6.07, 6.45) is 1.57. The van der Waals surface area contributed by atoms with Crippen LogP contribution < -0.4 is 4.74 Å². The normalized spacial score (nSPS) is 11.2. The van der Waals surface area contributed by atoms with Crippen LogP contribution in [-0.4, -0.2) is 35.1 Å². The van der Waals surface area contributed by atoms with Gasteiger partial charge in [0.2, 0.25) is 0 Å². The molecule has 6 heteroatoms. The summed E-state index contributed by atoms with van der Waals surface area (Å²) in [6.45, 7) is 0.237. The predicted octanol–water partition coefficient (Wildman–Crippen LogP) is 2.71. The molecule has 0 aliphatic carbocycles. The third kappa shape index (κ3) is 4.06. The summed E-state index contributed by atoms with van der Waals surface area (Å²) in [5, 5.41) is 9.35. The van der Waals surface area contributed by atoms with Gasteiger partial charge in [-0.25, -0.2) is 9.78 Å². The Hall–Kier alpha value is -2.34. The maximum atomic E-state index is 11.4. The molecule has 0 aliphatic heterocycles. The number of nitrogens with zero attached hydrogens (tertiary/aromatic N) is 2. The highest BCUT2D eigenvalue weighted by Crippen LogP contribution is 2.25. The highest BCUT2D eigenvalue weighted by molar-refractivity contribution is 7.11. The van der Waals surface area contributed by atoms with Crippen LogP contribution in [0.1, 0.15) is 10.6 Å². The summed E-state index contributed by atoms with van der Waals surface area (Å²) >= 11 is 1.30. The fraction of sp³-hybridized carbons (Fsp3) is 0.200. The second-order valence-electron chi connectivity index (χ2n) is 4.54. The van der Waals surface area contributed by atoms with Gasteiger partial charge < -0.3 is 14.7 Å². The first-order chi connectivity index (χ1) is 10.1. The van der Waals surface area contributed by atoms with E-state index >= 15 is 0 Å². The largest absolute Gasteiger partial charge is 0.487 e. The van der Waals surface area contributed by atoms with Gasteiger partial charge in [-0.1, -0.05) is 18.2 Å². The van der Waals surface area contributed by atoms with Crippen LogP contribution in [-0.2, 0) is 11.4 Å². The van der Waals surface area contributed by atoms with E-state index in [-0.39, 0.29) is 12.2 Å². The zero-order valence-corrected chi connectivity index (χ0v) is 12.6. The van der Waals surface area contributed by atoms with E-state index in [0.717, 1.165) is 5.75 Å². The smallest absolute Gasteiger partial charge is 0.338 e. The zero-order chi connectivity index (χ0) is 15.2. The summed E-state index contributed by atoms with van der Waals surface area (Å²) in [5.41, 5.74) is 2.47. The lowest BCUT2D eigenvalue weighted by atomic mass is 10.2. The van der Waals surface area contributed by atoms with Gasteiger partial charge in [0, 0.05) is 20.3 Å². The minimum atomic E-state index is -0.978. The second-order valence-corrected chi connectivity index (χ2v) is 5.40. The quantitative estimate of drug-likeness (QED) is 0.831. The lowest BCUT2D eigenvalue weighted by molar-refractivity contribution is -0.130. The zero-order valence-electron chi connectivity index (χ0n) is 11.8. The Balaban J connectivity index is 2.19. The first-order valence-electron chi connectivity index (χ1n) is 6.30. The molecule has 0 saturated heterocycles. The fourth-order valence-electron chi connectivity index (χ4n) is 1.73. The van der Waals surface area contributed by atoms with Crippen LogP contribution in [0, 0.1) is 0 Å². The van der Waals surface area contributed by atoms with E-state index < -0.39 is 5.97 Å². The second kappa shape index (κ2) is 6.90. The van der Waals surface area contributed by atoms with Crippen molar-refractivity contribution >= 4 is 22.9 Å². The summed E-state index contributed by atoms with van der Waals surface area (Å²) in [6, 6.07) is 9.36. The minimum absolute atomic E-state index is 0.217. The van der Waals surface area contributed by atoms with Crippen LogP contribution in [0.5, 0.6) is 5.75 Å². The molecule has 0 bridgehead atoms. The molecule has 0 saturated carbocycles. The molecule has 0 aliphatic rings. The molecule has 110 valence electrons. The van der Waals surface area contributed by atoms with Crippen LogP contribution in [0.15, 0.2) is 42.0 Å². The Kier molecular flexibility index (Phi) is 4.94. The van der Waals surface area contributed by atoms with E-state index in [1.807, 2.05) is 30.3 Å². The van der Waals surface area contributed by atoms with Gasteiger partial charge in [-0.3, -0.25) is 0 Å². The Morgan fingerprint density at radius 2 is 2.10 bits per heavy atom. The Bertz CT molecular complexity index is 635. The molecule has 0 amide bonds. The summed E-state index contributed by atoms with van der Waals surface area (Å²) in [5.74, 6) is -0.251. The number of carboxylic acids is 1. The number of rotatable bonds is 6. The number of carbonyl (C=O) groups is 1. The molecule has 0 fully saturated rings. The van der Waals surface area contributed by atoms with Crippen LogP contribution in [0.2, 0.25) is 0 Å². The van der Waals surface area contributed by atoms with Crippen LogP contribution >= 0.6 is 11.3 Å². The van der Waals surface area contributed by atoms with Gasteiger partial charge in [-0.15, -0.1) is 11.3 Å².